The van der Waals surface area contributed by atoms with Crippen molar-refractivity contribution in [3.8, 4) is 17.1 Å². The van der Waals surface area contributed by atoms with Gasteiger partial charge in [-0.25, -0.2) is 4.68 Å². The predicted octanol–water partition coefficient (Wildman–Crippen LogP) is 1.17. The predicted molar refractivity (Wildman–Crippen MR) is 69.2 cm³/mol. The average Bonchev–Trinajstić information content (AvgIpc) is 2.93. The van der Waals surface area contributed by atoms with Gasteiger partial charge in [0.25, 0.3) is 0 Å². The molecule has 8 heteroatoms. The highest BCUT2D eigenvalue weighted by atomic mass is 16.5. The second-order valence-electron chi connectivity index (χ2n) is 4.18. The maximum absolute atomic E-state index is 10.9. The first-order valence-electron chi connectivity index (χ1n) is 6.15. The number of ether oxygens (including phenoxy) is 1. The van der Waals surface area contributed by atoms with Gasteiger partial charge >= 0.3 is 5.97 Å². The van der Waals surface area contributed by atoms with Gasteiger partial charge in [0, 0.05) is 6.20 Å². The first-order valence-corrected chi connectivity index (χ1v) is 6.15. The molecule has 2 heterocycles. The first-order chi connectivity index (χ1) is 9.67. The highest BCUT2D eigenvalue weighted by molar-refractivity contribution is 5.68. The molecule has 0 saturated heterocycles. The lowest BCUT2D eigenvalue weighted by atomic mass is 10.1. The highest BCUT2D eigenvalue weighted by Gasteiger charge is 2.21. The Morgan fingerprint density at radius 3 is 3.00 bits per heavy atom. The second kappa shape index (κ2) is 6.09. The molecule has 0 fully saturated rings. The quantitative estimate of drug-likeness (QED) is 0.845. The SMILES string of the molecule is CCC(CC(=O)O)n1nnnc1-c1ccncc1OC. The fraction of sp³-hybridized carbons (Fsp3) is 0.417. The number of aromatic nitrogens is 5. The summed E-state index contributed by atoms with van der Waals surface area (Å²) in [6, 6.07) is 1.42. The van der Waals surface area contributed by atoms with Crippen LogP contribution in [0, 0.1) is 0 Å². The summed E-state index contributed by atoms with van der Waals surface area (Å²) in [5, 5.41) is 20.5. The maximum atomic E-state index is 10.9. The summed E-state index contributed by atoms with van der Waals surface area (Å²) in [5.74, 6) is 0.117. The standard InChI is InChI=1S/C12H15N5O3/c1-3-8(6-11(18)19)17-12(14-15-16-17)9-4-5-13-7-10(9)20-2/h4-5,7-8H,3,6H2,1-2H3,(H,18,19). The number of pyridine rings is 1. The van der Waals surface area contributed by atoms with Gasteiger partial charge in [-0.2, -0.15) is 0 Å². The minimum atomic E-state index is -0.889. The summed E-state index contributed by atoms with van der Waals surface area (Å²) in [6.07, 6.45) is 3.74. The lowest BCUT2D eigenvalue weighted by Crippen LogP contribution is -2.15. The summed E-state index contributed by atoms with van der Waals surface area (Å²) >= 11 is 0. The van der Waals surface area contributed by atoms with Crippen molar-refractivity contribution < 1.29 is 14.6 Å². The molecule has 0 aromatic carbocycles. The Bertz CT molecular complexity index is 598. The van der Waals surface area contributed by atoms with Crippen LogP contribution in [0.1, 0.15) is 25.8 Å². The van der Waals surface area contributed by atoms with E-state index in [1.54, 1.807) is 18.5 Å². The monoisotopic (exact) mass is 277 g/mol. The third kappa shape index (κ3) is 2.73. The summed E-state index contributed by atoms with van der Waals surface area (Å²) in [7, 11) is 1.53. The van der Waals surface area contributed by atoms with Crippen molar-refractivity contribution in [3.05, 3.63) is 18.5 Å². The molecule has 1 unspecified atom stereocenters. The topological polar surface area (TPSA) is 103 Å². The van der Waals surface area contributed by atoms with E-state index in [4.69, 9.17) is 9.84 Å². The highest BCUT2D eigenvalue weighted by Crippen LogP contribution is 2.29. The summed E-state index contributed by atoms with van der Waals surface area (Å²) in [4.78, 5) is 14.9. The number of nitrogens with zero attached hydrogens (tertiary/aromatic N) is 5. The van der Waals surface area contributed by atoms with Crippen molar-refractivity contribution >= 4 is 5.97 Å². The summed E-state index contributed by atoms with van der Waals surface area (Å²) in [5.41, 5.74) is 0.677. The maximum Gasteiger partial charge on any atom is 0.305 e. The first kappa shape index (κ1) is 13.9. The van der Waals surface area contributed by atoms with E-state index in [9.17, 15) is 4.79 Å². The fourth-order valence-corrected chi connectivity index (χ4v) is 1.95. The number of methoxy groups -OCH3 is 1. The van der Waals surface area contributed by atoms with Crippen LogP contribution in [0.5, 0.6) is 5.75 Å². The molecule has 0 saturated carbocycles. The lowest BCUT2D eigenvalue weighted by Gasteiger charge is -2.15. The molecule has 2 aromatic heterocycles. The number of rotatable bonds is 6. The molecule has 0 radical (unpaired) electrons. The number of hydrogen-bond donors (Lipinski definition) is 1. The van der Waals surface area contributed by atoms with Crippen LogP contribution >= 0.6 is 0 Å². The van der Waals surface area contributed by atoms with Crippen molar-refractivity contribution in [1.29, 1.82) is 0 Å². The number of carboxylic acid groups (broad SMARTS) is 1. The molecule has 1 atom stereocenters. The number of aliphatic carboxylic acids is 1. The van der Waals surface area contributed by atoms with Crippen molar-refractivity contribution in [1.82, 2.24) is 25.2 Å². The third-order valence-electron chi connectivity index (χ3n) is 2.97. The Morgan fingerprint density at radius 1 is 1.55 bits per heavy atom. The molecule has 0 aliphatic carbocycles. The molecule has 20 heavy (non-hydrogen) atoms. The molecular weight excluding hydrogens is 262 g/mol. The Hall–Kier alpha value is -2.51. The zero-order valence-corrected chi connectivity index (χ0v) is 11.2. The zero-order valence-electron chi connectivity index (χ0n) is 11.2. The molecule has 106 valence electrons. The Labute approximate surface area is 115 Å². The lowest BCUT2D eigenvalue weighted by molar-refractivity contribution is -0.138. The minimum absolute atomic E-state index is 0.0397. The van der Waals surface area contributed by atoms with Crippen LogP contribution in [0.2, 0.25) is 0 Å². The van der Waals surface area contributed by atoms with E-state index in [1.165, 1.54) is 11.8 Å². The van der Waals surface area contributed by atoms with Gasteiger partial charge in [-0.05, 0) is 22.9 Å². The third-order valence-corrected chi connectivity index (χ3v) is 2.97. The van der Waals surface area contributed by atoms with Gasteiger partial charge in [-0.1, -0.05) is 6.92 Å². The van der Waals surface area contributed by atoms with Crippen LogP contribution < -0.4 is 4.74 Å². The van der Waals surface area contributed by atoms with Crippen molar-refractivity contribution in [2.24, 2.45) is 0 Å². The van der Waals surface area contributed by atoms with Gasteiger partial charge in [0.2, 0.25) is 0 Å². The van der Waals surface area contributed by atoms with E-state index < -0.39 is 5.97 Å². The van der Waals surface area contributed by atoms with Gasteiger partial charge in [0.1, 0.15) is 5.75 Å². The van der Waals surface area contributed by atoms with Crippen LogP contribution in [-0.2, 0) is 4.79 Å². The van der Waals surface area contributed by atoms with Crippen LogP contribution in [0.3, 0.4) is 0 Å². The van der Waals surface area contributed by atoms with Crippen LogP contribution in [0.4, 0.5) is 0 Å². The Kier molecular flexibility index (Phi) is 4.24. The molecule has 0 aliphatic heterocycles. The summed E-state index contributed by atoms with van der Waals surface area (Å²) in [6.45, 7) is 1.89. The van der Waals surface area contributed by atoms with Gasteiger partial charge in [0.05, 0.1) is 31.3 Å². The number of carbonyl (C=O) groups is 1. The van der Waals surface area contributed by atoms with Crippen molar-refractivity contribution in [3.63, 3.8) is 0 Å². The second-order valence-corrected chi connectivity index (χ2v) is 4.18. The Balaban J connectivity index is 2.44. The fourth-order valence-electron chi connectivity index (χ4n) is 1.95. The van der Waals surface area contributed by atoms with E-state index in [-0.39, 0.29) is 12.5 Å². The molecule has 0 amide bonds. The minimum Gasteiger partial charge on any atom is -0.494 e. The summed E-state index contributed by atoms with van der Waals surface area (Å²) < 4.78 is 6.75. The van der Waals surface area contributed by atoms with E-state index in [1.807, 2.05) is 6.92 Å². The molecule has 0 spiro atoms. The van der Waals surface area contributed by atoms with Crippen LogP contribution in [0.15, 0.2) is 18.5 Å². The molecular formula is C12H15N5O3. The van der Waals surface area contributed by atoms with Crippen molar-refractivity contribution in [2.75, 3.05) is 7.11 Å². The number of carboxylic acids is 1. The van der Waals surface area contributed by atoms with E-state index in [0.717, 1.165) is 0 Å². The van der Waals surface area contributed by atoms with Gasteiger partial charge in [-0.3, -0.25) is 9.78 Å². The average molecular weight is 277 g/mol. The van der Waals surface area contributed by atoms with Crippen LogP contribution in [-0.4, -0.2) is 43.4 Å². The van der Waals surface area contributed by atoms with E-state index >= 15 is 0 Å². The van der Waals surface area contributed by atoms with Crippen LogP contribution in [0.25, 0.3) is 11.4 Å². The molecule has 8 nitrogen and oxygen atoms in total. The van der Waals surface area contributed by atoms with E-state index in [2.05, 4.69) is 20.5 Å². The molecule has 1 N–H and O–H groups in total. The largest absolute Gasteiger partial charge is 0.494 e. The van der Waals surface area contributed by atoms with E-state index in [0.29, 0.717) is 23.6 Å². The number of tetrazole rings is 1. The molecule has 2 rings (SSSR count). The molecule has 0 aliphatic rings. The van der Waals surface area contributed by atoms with Crippen molar-refractivity contribution in [2.45, 2.75) is 25.8 Å². The molecule has 0 bridgehead atoms. The molecule has 2 aromatic rings. The van der Waals surface area contributed by atoms with Gasteiger partial charge in [-0.15, -0.1) is 5.10 Å². The normalized spacial score (nSPS) is 12.1. The zero-order chi connectivity index (χ0) is 14.5. The number of hydrogen-bond acceptors (Lipinski definition) is 6. The van der Waals surface area contributed by atoms with Gasteiger partial charge in [0.15, 0.2) is 5.82 Å². The Morgan fingerprint density at radius 2 is 2.35 bits per heavy atom. The smallest absolute Gasteiger partial charge is 0.305 e. The van der Waals surface area contributed by atoms with Gasteiger partial charge < -0.3 is 9.84 Å².